The van der Waals surface area contributed by atoms with Crippen LogP contribution in [0, 0.1) is 6.92 Å². The summed E-state index contributed by atoms with van der Waals surface area (Å²) in [5.41, 5.74) is 0.772. The van der Waals surface area contributed by atoms with Crippen LogP contribution in [-0.4, -0.2) is 52.5 Å². The minimum atomic E-state index is -1.55. The number of urea groups is 1. The number of nitrogens with one attached hydrogen (secondary N) is 3. The number of hydrogen-bond donors (Lipinski definition) is 4. The fourth-order valence-electron chi connectivity index (χ4n) is 5.13. The summed E-state index contributed by atoms with van der Waals surface area (Å²) < 4.78 is 5.94. The number of anilines is 3. The molecule has 0 aliphatic carbocycles. The number of aromatic nitrogens is 1. The summed E-state index contributed by atoms with van der Waals surface area (Å²) in [6, 6.07) is 16.1. The molecule has 2 atom stereocenters. The molecular formula is C29H25N5O5S. The lowest BCUT2D eigenvalue weighted by Crippen LogP contribution is -2.61. The van der Waals surface area contributed by atoms with Gasteiger partial charge in [-0.2, -0.15) is 0 Å². The number of amides is 3. The molecule has 11 heteroatoms. The zero-order valence-electron chi connectivity index (χ0n) is 21.4. The second-order valence-electron chi connectivity index (χ2n) is 9.59. The Bertz CT molecular complexity index is 1690. The third kappa shape index (κ3) is 4.11. The molecule has 0 spiro atoms. The number of β-amino-alcohol motifs (C(OH)–C–C–N with tert-alkyl or cyclic N) is 1. The monoisotopic (exact) mass is 555 g/mol. The lowest BCUT2D eigenvalue weighted by molar-refractivity contribution is -0.122. The van der Waals surface area contributed by atoms with Crippen molar-refractivity contribution in [3.8, 4) is 11.5 Å². The Morgan fingerprint density at radius 3 is 2.70 bits per heavy atom. The molecule has 0 unspecified atom stereocenters. The molecule has 1 saturated heterocycles. The quantitative estimate of drug-likeness (QED) is 0.250. The van der Waals surface area contributed by atoms with E-state index in [1.54, 1.807) is 23.2 Å². The molecule has 2 aliphatic rings. The minimum Gasteiger partial charge on any atom is -0.457 e. The summed E-state index contributed by atoms with van der Waals surface area (Å²) in [7, 11) is 0. The number of thiophene rings is 1. The number of nitrogens with zero attached hydrogens (tertiary/aromatic N) is 2. The lowest BCUT2D eigenvalue weighted by atomic mass is 9.90. The first-order valence-corrected chi connectivity index (χ1v) is 13.4. The van der Waals surface area contributed by atoms with Crippen LogP contribution in [0.25, 0.3) is 10.2 Å². The van der Waals surface area contributed by atoms with Crippen molar-refractivity contribution in [2.45, 2.75) is 18.6 Å². The number of carbonyl (C=O) groups is 3. The molecule has 6 rings (SSSR count). The topological polar surface area (TPSA) is 133 Å². The number of ether oxygens (including phenoxy) is 1. The number of aliphatic hydroxyl groups is 1. The van der Waals surface area contributed by atoms with Gasteiger partial charge in [-0.15, -0.1) is 11.3 Å². The minimum absolute atomic E-state index is 0.0535. The number of pyridine rings is 1. The molecule has 202 valence electrons. The van der Waals surface area contributed by atoms with Gasteiger partial charge in [0.05, 0.1) is 28.6 Å². The van der Waals surface area contributed by atoms with Crippen LogP contribution in [0.1, 0.15) is 15.2 Å². The van der Waals surface area contributed by atoms with Crippen LogP contribution < -0.4 is 25.6 Å². The van der Waals surface area contributed by atoms with Crippen LogP contribution in [-0.2, 0) is 4.79 Å². The maximum Gasteiger partial charge on any atom is 0.331 e. The van der Waals surface area contributed by atoms with Gasteiger partial charge in [0.15, 0.2) is 5.78 Å². The normalized spacial score (nSPS) is 19.8. The average molecular weight is 556 g/mol. The van der Waals surface area contributed by atoms with E-state index >= 15 is 0 Å². The summed E-state index contributed by atoms with van der Waals surface area (Å²) in [5.74, 6) is 0.227. The molecule has 2 aliphatic heterocycles. The van der Waals surface area contributed by atoms with Gasteiger partial charge in [0, 0.05) is 19.3 Å². The molecule has 0 saturated carbocycles. The van der Waals surface area contributed by atoms with E-state index in [9.17, 15) is 19.5 Å². The highest BCUT2D eigenvalue weighted by molar-refractivity contribution is 7.21. The third-order valence-electron chi connectivity index (χ3n) is 7.11. The zero-order valence-corrected chi connectivity index (χ0v) is 22.2. The first kappa shape index (κ1) is 25.7. The van der Waals surface area contributed by atoms with E-state index in [0.29, 0.717) is 38.8 Å². The van der Waals surface area contributed by atoms with E-state index in [1.807, 2.05) is 49.4 Å². The van der Waals surface area contributed by atoms with Gasteiger partial charge < -0.3 is 25.8 Å². The Kier molecular flexibility index (Phi) is 6.34. The van der Waals surface area contributed by atoms with Gasteiger partial charge in [0.1, 0.15) is 26.7 Å². The SMILES string of the molecule is C=CC(=O)[C@]1(NC(=O)c2sc3nccc4c3c2NC(=O)N4c2ccc(Oc3ccccc3)cc2C)CNC[C@H]1O. The van der Waals surface area contributed by atoms with Gasteiger partial charge in [-0.3, -0.25) is 14.5 Å². The number of aryl methyl sites for hydroxylation is 1. The van der Waals surface area contributed by atoms with Gasteiger partial charge in [-0.25, -0.2) is 9.78 Å². The van der Waals surface area contributed by atoms with E-state index in [4.69, 9.17) is 4.74 Å². The van der Waals surface area contributed by atoms with Crippen LogP contribution in [0.2, 0.25) is 0 Å². The van der Waals surface area contributed by atoms with Crippen molar-refractivity contribution in [2.24, 2.45) is 0 Å². The Balaban J connectivity index is 1.36. The number of carbonyl (C=O) groups excluding carboxylic acids is 3. The highest BCUT2D eigenvalue weighted by Gasteiger charge is 2.49. The van der Waals surface area contributed by atoms with E-state index < -0.39 is 29.4 Å². The van der Waals surface area contributed by atoms with Crippen LogP contribution >= 0.6 is 11.3 Å². The fourth-order valence-corrected chi connectivity index (χ4v) is 6.14. The highest BCUT2D eigenvalue weighted by Crippen LogP contribution is 2.46. The second kappa shape index (κ2) is 9.87. The van der Waals surface area contributed by atoms with Gasteiger partial charge in [0.25, 0.3) is 5.91 Å². The molecule has 4 aromatic rings. The Hall–Kier alpha value is -4.58. The molecule has 4 N–H and O–H groups in total. The first-order valence-electron chi connectivity index (χ1n) is 12.6. The van der Waals surface area contributed by atoms with Crippen molar-refractivity contribution >= 4 is 56.3 Å². The van der Waals surface area contributed by atoms with Crippen LogP contribution in [0.3, 0.4) is 0 Å². The second-order valence-corrected chi connectivity index (χ2v) is 10.6. The Morgan fingerprint density at radius 2 is 2.00 bits per heavy atom. The van der Waals surface area contributed by atoms with Crippen LogP contribution in [0.15, 0.2) is 73.4 Å². The van der Waals surface area contributed by atoms with Crippen LogP contribution in [0.4, 0.5) is 21.9 Å². The molecule has 2 aromatic heterocycles. The fraction of sp³-hybridized carbons (Fsp3) is 0.172. The molecular weight excluding hydrogens is 530 g/mol. The van der Waals surface area contributed by atoms with Gasteiger partial charge in [-0.05, 0) is 55.0 Å². The summed E-state index contributed by atoms with van der Waals surface area (Å²) >= 11 is 1.10. The van der Waals surface area contributed by atoms with Crippen molar-refractivity contribution in [1.29, 1.82) is 0 Å². The maximum atomic E-state index is 13.5. The predicted molar refractivity (Wildman–Crippen MR) is 153 cm³/mol. The van der Waals surface area contributed by atoms with E-state index in [1.165, 1.54) is 0 Å². The van der Waals surface area contributed by atoms with E-state index in [2.05, 4.69) is 27.5 Å². The Morgan fingerprint density at radius 1 is 1.20 bits per heavy atom. The maximum absolute atomic E-state index is 13.5. The van der Waals surface area contributed by atoms with Crippen LogP contribution in [0.5, 0.6) is 11.5 Å². The number of ketones is 1. The van der Waals surface area contributed by atoms with Crippen molar-refractivity contribution in [2.75, 3.05) is 23.3 Å². The number of benzene rings is 2. The molecule has 2 aromatic carbocycles. The van der Waals surface area contributed by atoms with E-state index in [0.717, 1.165) is 23.0 Å². The molecule has 4 heterocycles. The summed E-state index contributed by atoms with van der Waals surface area (Å²) in [5, 5.41) is 19.7. The molecule has 0 radical (unpaired) electrons. The zero-order chi connectivity index (χ0) is 28.0. The van der Waals surface area contributed by atoms with Crippen molar-refractivity contribution in [3.05, 3.63) is 83.9 Å². The lowest BCUT2D eigenvalue weighted by Gasteiger charge is -2.31. The standard InChI is InChI=1S/C29H25N5O5S/c1-3-21(35)29(15-30-14-22(29)36)33-26(37)25-24-23-20(11-12-31-27(23)40-25)34(28(38)32-24)19-10-9-18(13-16(19)2)39-17-7-5-4-6-8-17/h3-13,22,30,36H,1,14-15H2,2H3,(H,32,38)(H,33,37)/t22-,29-/m1/s1. The number of aliphatic hydroxyl groups excluding tert-OH is 1. The van der Waals surface area contributed by atoms with Gasteiger partial charge >= 0.3 is 6.03 Å². The molecule has 1 fully saturated rings. The number of hydrogen-bond acceptors (Lipinski definition) is 8. The van der Waals surface area contributed by atoms with Crippen molar-refractivity contribution < 1.29 is 24.2 Å². The highest BCUT2D eigenvalue weighted by atomic mass is 32.1. The smallest absolute Gasteiger partial charge is 0.331 e. The van der Waals surface area contributed by atoms with Gasteiger partial charge in [-0.1, -0.05) is 24.8 Å². The largest absolute Gasteiger partial charge is 0.457 e. The molecule has 10 nitrogen and oxygen atoms in total. The summed E-state index contributed by atoms with van der Waals surface area (Å²) in [4.78, 5) is 46.4. The first-order chi connectivity index (χ1) is 19.3. The third-order valence-corrected chi connectivity index (χ3v) is 8.21. The van der Waals surface area contributed by atoms with Gasteiger partial charge in [0.2, 0.25) is 0 Å². The number of rotatable bonds is 7. The Labute approximate surface area is 233 Å². The van der Waals surface area contributed by atoms with Crippen molar-refractivity contribution in [1.82, 2.24) is 15.6 Å². The summed E-state index contributed by atoms with van der Waals surface area (Å²) in [6.07, 6.45) is 1.53. The number of para-hydroxylation sites is 1. The summed E-state index contributed by atoms with van der Waals surface area (Å²) in [6.45, 7) is 5.60. The van der Waals surface area contributed by atoms with E-state index in [-0.39, 0.29) is 18.0 Å². The average Bonchev–Trinajstić information content (AvgIpc) is 3.51. The molecule has 0 bridgehead atoms. The molecule has 40 heavy (non-hydrogen) atoms. The predicted octanol–water partition coefficient (Wildman–Crippen LogP) is 4.27. The molecule has 3 amide bonds. The van der Waals surface area contributed by atoms with Crippen molar-refractivity contribution in [3.63, 3.8) is 0 Å².